The molecule has 37 heavy (non-hydrogen) atoms. The third-order valence-corrected chi connectivity index (χ3v) is 7.29. The quantitative estimate of drug-likeness (QED) is 0.430. The summed E-state index contributed by atoms with van der Waals surface area (Å²) in [6.07, 6.45) is 5.23. The predicted octanol–water partition coefficient (Wildman–Crippen LogP) is 4.55. The molecule has 202 valence electrons. The van der Waals surface area contributed by atoms with E-state index in [1.807, 2.05) is 13.0 Å². The van der Waals surface area contributed by atoms with Crippen LogP contribution in [0.2, 0.25) is 0 Å². The van der Waals surface area contributed by atoms with E-state index in [1.54, 1.807) is 12.3 Å². The van der Waals surface area contributed by atoms with Gasteiger partial charge in [0, 0.05) is 44.2 Å². The smallest absolute Gasteiger partial charge is 0.272 e. The van der Waals surface area contributed by atoms with Gasteiger partial charge in [0.2, 0.25) is 11.8 Å². The van der Waals surface area contributed by atoms with E-state index in [-0.39, 0.29) is 24.2 Å². The highest BCUT2D eigenvalue weighted by molar-refractivity contribution is 5.80. The van der Waals surface area contributed by atoms with E-state index < -0.39 is 18.7 Å². The van der Waals surface area contributed by atoms with Crippen LogP contribution in [-0.2, 0) is 17.6 Å². The van der Waals surface area contributed by atoms with Crippen molar-refractivity contribution in [3.63, 3.8) is 0 Å². The molecule has 0 N–H and O–H groups in total. The first-order chi connectivity index (χ1) is 17.8. The zero-order chi connectivity index (χ0) is 26.3. The van der Waals surface area contributed by atoms with Crippen molar-refractivity contribution in [2.24, 2.45) is 5.92 Å². The molecule has 0 radical (unpaired) electrons. The van der Waals surface area contributed by atoms with Gasteiger partial charge in [-0.2, -0.15) is 0 Å². The molecule has 1 aliphatic heterocycles. The molecule has 0 saturated heterocycles. The minimum absolute atomic E-state index is 0.000705. The second kappa shape index (κ2) is 12.7. The second-order valence-electron chi connectivity index (χ2n) is 10.2. The molecule has 1 saturated carbocycles. The third kappa shape index (κ3) is 8.38. The van der Waals surface area contributed by atoms with Gasteiger partial charge in [-0.3, -0.25) is 9.78 Å². The third-order valence-electron chi connectivity index (χ3n) is 7.29. The zero-order valence-electron chi connectivity index (χ0n) is 21.3. The van der Waals surface area contributed by atoms with Gasteiger partial charge >= 0.3 is 0 Å². The van der Waals surface area contributed by atoms with E-state index in [4.69, 9.17) is 9.47 Å². The fourth-order valence-electron chi connectivity index (χ4n) is 5.06. The molecule has 2 aliphatic rings. The molecule has 1 fully saturated rings. The largest absolute Gasteiger partial charge is 0.472 e. The Kier molecular flexibility index (Phi) is 9.34. The molecule has 0 atom stereocenters. The van der Waals surface area contributed by atoms with Gasteiger partial charge in [-0.25, -0.2) is 23.1 Å². The number of carbonyl (C=O) groups is 1. The van der Waals surface area contributed by atoms with Crippen LogP contribution in [0, 0.1) is 12.8 Å². The van der Waals surface area contributed by atoms with Crippen LogP contribution in [0.1, 0.15) is 55.5 Å². The number of ketones is 1. The van der Waals surface area contributed by atoms with E-state index >= 15 is 4.39 Å². The van der Waals surface area contributed by atoms with Crippen molar-refractivity contribution in [3.8, 4) is 11.8 Å². The van der Waals surface area contributed by atoms with E-state index in [0.717, 1.165) is 36.5 Å². The lowest BCUT2D eigenvalue weighted by atomic mass is 9.76. The summed E-state index contributed by atoms with van der Waals surface area (Å²) < 4.78 is 50.9. The maximum absolute atomic E-state index is 15.6. The summed E-state index contributed by atoms with van der Waals surface area (Å²) in [5, 5.41) is 0. The topological polar surface area (TPSA) is 77.4 Å². The van der Waals surface area contributed by atoms with E-state index in [9.17, 15) is 13.6 Å². The van der Waals surface area contributed by atoms with Crippen molar-refractivity contribution in [3.05, 3.63) is 41.5 Å². The number of aryl methyl sites for hydroxylation is 1. The van der Waals surface area contributed by atoms with Crippen LogP contribution in [0.15, 0.2) is 24.5 Å². The monoisotopic (exact) mass is 520 g/mol. The highest BCUT2D eigenvalue weighted by Crippen LogP contribution is 2.39. The molecule has 0 aromatic carbocycles. The number of pyridine rings is 1. The molecule has 1 aliphatic carbocycles. The molecule has 0 spiro atoms. The van der Waals surface area contributed by atoms with E-state index in [2.05, 4.69) is 19.9 Å². The lowest BCUT2D eigenvalue weighted by Crippen LogP contribution is -2.36. The van der Waals surface area contributed by atoms with E-state index in [1.165, 1.54) is 6.20 Å². The first kappa shape index (κ1) is 27.3. The number of alkyl halides is 3. The fraction of sp³-hybridized carbons (Fsp3) is 0.630. The number of hydrogen-bond donors (Lipinski definition) is 0. The molecule has 4 rings (SSSR count). The van der Waals surface area contributed by atoms with Gasteiger partial charge in [-0.1, -0.05) is 6.07 Å². The van der Waals surface area contributed by atoms with Gasteiger partial charge in [-0.15, -0.1) is 0 Å². The van der Waals surface area contributed by atoms with Gasteiger partial charge in [0.1, 0.15) is 12.3 Å². The number of nitrogens with zero attached hydrogens (tertiary/aromatic N) is 4. The molecule has 3 heterocycles. The average Bonchev–Trinajstić information content (AvgIpc) is 3.09. The number of hydrogen-bond acceptors (Lipinski definition) is 7. The lowest BCUT2D eigenvalue weighted by Gasteiger charge is -2.35. The first-order valence-corrected chi connectivity index (χ1v) is 13.0. The minimum Gasteiger partial charge on any atom is -0.472 e. The number of rotatable bonds is 11. The SMILES string of the molecule is Cc1cnc(OCC(=O)CC2CCC(F)(CCN3CCc4ccc(OCC(F)F)nc4CC3)CC2)cn1. The number of fused-ring (bicyclic) bond motifs is 1. The van der Waals surface area contributed by atoms with Crippen LogP contribution in [0.5, 0.6) is 11.8 Å². The van der Waals surface area contributed by atoms with Crippen molar-refractivity contribution in [2.45, 2.75) is 70.4 Å². The van der Waals surface area contributed by atoms with Gasteiger partial charge in [0.05, 0.1) is 18.1 Å². The Bertz CT molecular complexity index is 1030. The van der Waals surface area contributed by atoms with Crippen LogP contribution in [0.25, 0.3) is 0 Å². The van der Waals surface area contributed by atoms with Gasteiger partial charge in [0.25, 0.3) is 6.43 Å². The maximum Gasteiger partial charge on any atom is 0.272 e. The predicted molar refractivity (Wildman–Crippen MR) is 132 cm³/mol. The molecular formula is C27H35F3N4O3. The van der Waals surface area contributed by atoms with Crippen molar-refractivity contribution in [1.29, 1.82) is 0 Å². The number of Topliss-reactive ketones (excluding diaryl/α,β-unsaturated/α-hetero) is 1. The second-order valence-corrected chi connectivity index (χ2v) is 10.2. The number of ether oxygens (including phenoxy) is 2. The van der Waals surface area contributed by atoms with Crippen LogP contribution in [0.3, 0.4) is 0 Å². The average molecular weight is 521 g/mol. The van der Waals surface area contributed by atoms with Crippen LogP contribution >= 0.6 is 0 Å². The summed E-state index contributed by atoms with van der Waals surface area (Å²) in [5.41, 5.74) is 1.53. The van der Waals surface area contributed by atoms with Crippen LogP contribution < -0.4 is 9.47 Å². The lowest BCUT2D eigenvalue weighted by molar-refractivity contribution is -0.122. The molecule has 0 bridgehead atoms. The fourth-order valence-corrected chi connectivity index (χ4v) is 5.06. The molecule has 7 nitrogen and oxygen atoms in total. The number of carbonyl (C=O) groups excluding carboxylic acids is 1. The minimum atomic E-state index is -2.53. The Morgan fingerprint density at radius 3 is 2.62 bits per heavy atom. The van der Waals surface area contributed by atoms with Crippen molar-refractivity contribution < 1.29 is 27.4 Å². The molecule has 2 aromatic rings. The van der Waals surface area contributed by atoms with Gasteiger partial charge in [-0.05, 0) is 56.9 Å². The summed E-state index contributed by atoms with van der Waals surface area (Å²) in [6, 6.07) is 3.53. The standard InChI is InChI=1S/C27H35F3N4O3/c1-19-15-32-26(16-31-19)36-17-22(35)14-20-4-8-27(30,9-5-20)10-13-34-11-6-21-2-3-25(37-18-24(28)29)33-23(21)7-12-34/h2-3,15-16,20,24H,4-14,17-18H2,1H3. The molecular weight excluding hydrogens is 485 g/mol. The van der Waals surface area contributed by atoms with Crippen LogP contribution in [0.4, 0.5) is 13.2 Å². The Hall–Kier alpha value is -2.75. The summed E-state index contributed by atoms with van der Waals surface area (Å²) in [4.78, 5) is 27.2. The first-order valence-electron chi connectivity index (χ1n) is 13.0. The number of aromatic nitrogens is 3. The summed E-state index contributed by atoms with van der Waals surface area (Å²) in [5.74, 6) is 0.739. The van der Waals surface area contributed by atoms with Crippen LogP contribution in [-0.4, -0.2) is 70.6 Å². The molecule has 2 aromatic heterocycles. The van der Waals surface area contributed by atoms with E-state index in [0.29, 0.717) is 57.4 Å². The summed E-state index contributed by atoms with van der Waals surface area (Å²) >= 11 is 0. The summed E-state index contributed by atoms with van der Waals surface area (Å²) in [7, 11) is 0. The molecule has 0 unspecified atom stereocenters. The zero-order valence-corrected chi connectivity index (χ0v) is 21.3. The highest BCUT2D eigenvalue weighted by atomic mass is 19.3. The normalized spacial score (nSPS) is 22.4. The van der Waals surface area contributed by atoms with Gasteiger partial charge in [0.15, 0.2) is 12.4 Å². The Morgan fingerprint density at radius 2 is 1.89 bits per heavy atom. The highest BCUT2D eigenvalue weighted by Gasteiger charge is 2.36. The van der Waals surface area contributed by atoms with Crippen molar-refractivity contribution in [1.82, 2.24) is 19.9 Å². The van der Waals surface area contributed by atoms with Crippen molar-refractivity contribution in [2.75, 3.05) is 32.8 Å². The maximum atomic E-state index is 15.6. The molecule has 10 heteroatoms. The Morgan fingerprint density at radius 1 is 1.11 bits per heavy atom. The summed E-state index contributed by atoms with van der Waals surface area (Å²) in [6.45, 7) is 3.34. The number of halogens is 3. The Balaban J connectivity index is 1.16. The molecule has 0 amide bonds. The van der Waals surface area contributed by atoms with Crippen molar-refractivity contribution >= 4 is 5.78 Å². The Labute approximate surface area is 215 Å². The van der Waals surface area contributed by atoms with Gasteiger partial charge < -0.3 is 14.4 Å².